The van der Waals surface area contributed by atoms with Crippen LogP contribution in [0, 0.1) is 5.92 Å². The van der Waals surface area contributed by atoms with Crippen molar-refractivity contribution in [2.45, 2.75) is 515 Å². The SMILES string of the molecule is CCCCCCCCCCCCCCCCCCCCCCCC(=O)O[C@H](COC(=O)CCCCCCCCCCCCCCCCCCCCCC)COP(=O)(O)OC[C@@H](O)COP(=O)(O)OC[C@@H](COC(=O)CCCCCCCCC(C)C)OC(=O)CCCCCCCCCCCCCCCCCCCCCC. The number of carbonyl (C=O) groups excluding carboxylic acids is 4. The Morgan fingerprint density at radius 2 is 0.418 bits per heavy atom. The molecular weight excluding hydrogens is 1430 g/mol. The number of esters is 4. The summed E-state index contributed by atoms with van der Waals surface area (Å²) in [5.74, 6) is -1.42. The van der Waals surface area contributed by atoms with Crippen molar-refractivity contribution in [3.05, 3.63) is 0 Å². The van der Waals surface area contributed by atoms with Gasteiger partial charge in [0.15, 0.2) is 12.2 Å². The average molecular weight is 1610 g/mol. The molecule has 0 fully saturated rings. The minimum atomic E-state index is -4.97. The van der Waals surface area contributed by atoms with E-state index in [9.17, 15) is 43.2 Å². The highest BCUT2D eigenvalue weighted by Crippen LogP contribution is 2.45. The van der Waals surface area contributed by atoms with E-state index in [1.54, 1.807) is 0 Å². The van der Waals surface area contributed by atoms with Crippen molar-refractivity contribution in [2.24, 2.45) is 5.92 Å². The lowest BCUT2D eigenvalue weighted by Gasteiger charge is -2.21. The first-order valence-electron chi connectivity index (χ1n) is 47.1. The van der Waals surface area contributed by atoms with Crippen LogP contribution in [0.5, 0.6) is 0 Å². The number of hydrogen-bond donors (Lipinski definition) is 3. The maximum atomic E-state index is 13.2. The van der Waals surface area contributed by atoms with Gasteiger partial charge in [-0.05, 0) is 31.6 Å². The topological polar surface area (TPSA) is 237 Å². The molecule has 0 radical (unpaired) electrons. The van der Waals surface area contributed by atoms with E-state index in [-0.39, 0.29) is 25.7 Å². The number of rotatable bonds is 91. The van der Waals surface area contributed by atoms with E-state index < -0.39 is 97.5 Å². The Labute approximate surface area is 677 Å². The fourth-order valence-electron chi connectivity index (χ4n) is 14.4. The third-order valence-electron chi connectivity index (χ3n) is 21.5. The highest BCUT2D eigenvalue weighted by molar-refractivity contribution is 7.47. The molecule has 0 aliphatic carbocycles. The Morgan fingerprint density at radius 3 is 0.618 bits per heavy atom. The zero-order valence-electron chi connectivity index (χ0n) is 72.4. The lowest BCUT2D eigenvalue weighted by molar-refractivity contribution is -0.161. The largest absolute Gasteiger partial charge is 0.472 e. The van der Waals surface area contributed by atoms with E-state index in [1.807, 2.05) is 0 Å². The summed E-state index contributed by atoms with van der Waals surface area (Å²) >= 11 is 0. The number of phosphoric acid groups is 2. The van der Waals surface area contributed by atoms with Gasteiger partial charge in [-0.25, -0.2) is 9.13 Å². The van der Waals surface area contributed by atoms with E-state index in [1.165, 1.54) is 315 Å². The molecule has 0 aromatic rings. The summed E-state index contributed by atoms with van der Waals surface area (Å²) in [5.41, 5.74) is 0. The first kappa shape index (κ1) is 108. The van der Waals surface area contributed by atoms with Gasteiger partial charge in [0.1, 0.15) is 19.3 Å². The van der Waals surface area contributed by atoms with Crippen molar-refractivity contribution in [1.82, 2.24) is 0 Å². The molecule has 19 heteroatoms. The molecule has 0 saturated heterocycles. The number of aliphatic hydroxyl groups is 1. The van der Waals surface area contributed by atoms with Crippen LogP contribution < -0.4 is 0 Å². The maximum Gasteiger partial charge on any atom is 0.472 e. The molecule has 0 aromatic carbocycles. The third-order valence-corrected chi connectivity index (χ3v) is 23.4. The number of phosphoric ester groups is 2. The Balaban J connectivity index is 5.19. The van der Waals surface area contributed by atoms with E-state index in [2.05, 4.69) is 34.6 Å². The van der Waals surface area contributed by atoms with E-state index >= 15 is 0 Å². The monoisotopic (exact) mass is 1610 g/mol. The molecule has 654 valence electrons. The van der Waals surface area contributed by atoms with Crippen molar-refractivity contribution in [1.29, 1.82) is 0 Å². The van der Waals surface area contributed by atoms with Crippen molar-refractivity contribution in [3.63, 3.8) is 0 Å². The van der Waals surface area contributed by atoms with Gasteiger partial charge in [-0.3, -0.25) is 37.3 Å². The van der Waals surface area contributed by atoms with Gasteiger partial charge in [-0.1, -0.05) is 446 Å². The van der Waals surface area contributed by atoms with Gasteiger partial charge in [0.2, 0.25) is 0 Å². The summed E-state index contributed by atoms with van der Waals surface area (Å²) in [6.45, 7) is 7.31. The average Bonchev–Trinajstić information content (AvgIpc) is 0.899. The minimum Gasteiger partial charge on any atom is -0.462 e. The number of carbonyl (C=O) groups is 4. The summed E-state index contributed by atoms with van der Waals surface area (Å²) in [6, 6.07) is 0. The molecule has 0 spiro atoms. The van der Waals surface area contributed by atoms with Crippen molar-refractivity contribution in [3.8, 4) is 0 Å². The molecule has 17 nitrogen and oxygen atoms in total. The van der Waals surface area contributed by atoms with Crippen LogP contribution in [0.4, 0.5) is 0 Å². The van der Waals surface area contributed by atoms with E-state index in [4.69, 9.17) is 37.0 Å². The zero-order chi connectivity index (χ0) is 80.4. The van der Waals surface area contributed by atoms with Gasteiger partial charge in [-0.2, -0.15) is 0 Å². The van der Waals surface area contributed by atoms with Crippen LogP contribution in [0.25, 0.3) is 0 Å². The van der Waals surface area contributed by atoms with Crippen LogP contribution in [0.2, 0.25) is 0 Å². The summed E-state index contributed by atoms with van der Waals surface area (Å²) in [7, 11) is -9.93. The number of unbranched alkanes of at least 4 members (excludes halogenated alkanes) is 63. The van der Waals surface area contributed by atoms with Crippen molar-refractivity contribution < 1.29 is 80.2 Å². The Kier molecular flexibility index (Phi) is 82.1. The fraction of sp³-hybridized carbons (Fsp3) is 0.956. The number of ether oxygens (including phenoxy) is 4. The summed E-state index contributed by atoms with van der Waals surface area (Å²) in [6.07, 6.45) is 79.6. The lowest BCUT2D eigenvalue weighted by Crippen LogP contribution is -2.30. The first-order chi connectivity index (χ1) is 53.5. The number of hydrogen-bond acceptors (Lipinski definition) is 15. The highest BCUT2D eigenvalue weighted by Gasteiger charge is 2.31. The van der Waals surface area contributed by atoms with Crippen LogP contribution in [-0.2, 0) is 65.4 Å². The Hall–Kier alpha value is -1.94. The molecular formula is C91H178O17P2. The lowest BCUT2D eigenvalue weighted by atomic mass is 10.0. The standard InChI is InChI=1S/C91H178O17P2/c1-6-9-12-15-18-21-24-27-30-33-36-39-42-45-48-51-54-57-60-66-71-76-90(95)107-86(80-101-88(93)74-69-64-58-55-52-49-46-43-40-37-34-31-28-25-22-19-16-13-10-7-2)82-105-109(97,98)103-78-85(92)79-104-110(99,100)106-83-87(81-102-89(94)75-70-65-62-61-63-68-73-84(4)5)108-91(96)77-72-67-59-56-53-50-47-44-41-38-35-32-29-26-23-20-17-14-11-8-3/h84-87,92H,6-83H2,1-5H3,(H,97,98)(H,99,100)/t85-,86-,87-/m1/s1. The predicted molar refractivity (Wildman–Crippen MR) is 455 cm³/mol. The summed E-state index contributed by atoms with van der Waals surface area (Å²) in [4.78, 5) is 73.3. The van der Waals surface area contributed by atoms with Crippen molar-refractivity contribution in [2.75, 3.05) is 39.6 Å². The van der Waals surface area contributed by atoms with E-state index in [0.29, 0.717) is 31.6 Å². The van der Waals surface area contributed by atoms with Gasteiger partial charge in [-0.15, -0.1) is 0 Å². The normalized spacial score (nSPS) is 13.7. The molecule has 0 rings (SSSR count). The van der Waals surface area contributed by atoms with Gasteiger partial charge in [0.05, 0.1) is 26.4 Å². The molecule has 2 unspecified atom stereocenters. The van der Waals surface area contributed by atoms with Crippen LogP contribution >= 0.6 is 15.6 Å². The highest BCUT2D eigenvalue weighted by atomic mass is 31.2. The molecule has 5 atom stereocenters. The quantitative estimate of drug-likeness (QED) is 0.0222. The molecule has 0 aliphatic rings. The number of aliphatic hydroxyl groups excluding tert-OH is 1. The molecule has 3 N–H and O–H groups in total. The van der Waals surface area contributed by atoms with Crippen molar-refractivity contribution >= 4 is 39.5 Å². The Bertz CT molecular complexity index is 2080. The minimum absolute atomic E-state index is 0.108. The second-order valence-electron chi connectivity index (χ2n) is 33.2. The second kappa shape index (κ2) is 83.5. The fourth-order valence-corrected chi connectivity index (χ4v) is 15.9. The van der Waals surface area contributed by atoms with E-state index in [0.717, 1.165) is 96.3 Å². The predicted octanol–water partition coefficient (Wildman–Crippen LogP) is 28.3. The molecule has 0 heterocycles. The summed E-state index contributed by atoms with van der Waals surface area (Å²) < 4.78 is 69.0. The van der Waals surface area contributed by atoms with Crippen LogP contribution in [0.3, 0.4) is 0 Å². The first-order valence-corrected chi connectivity index (χ1v) is 50.1. The van der Waals surface area contributed by atoms with Crippen LogP contribution in [0.1, 0.15) is 497 Å². The molecule has 110 heavy (non-hydrogen) atoms. The molecule has 0 aliphatic heterocycles. The van der Waals surface area contributed by atoms with Gasteiger partial charge in [0.25, 0.3) is 0 Å². The summed E-state index contributed by atoms with van der Waals surface area (Å²) in [5, 5.41) is 10.7. The third kappa shape index (κ3) is 84.0. The smallest absolute Gasteiger partial charge is 0.462 e. The van der Waals surface area contributed by atoms with Gasteiger partial charge < -0.3 is 33.8 Å². The van der Waals surface area contributed by atoms with Gasteiger partial charge >= 0.3 is 39.5 Å². The van der Waals surface area contributed by atoms with Crippen LogP contribution in [0.15, 0.2) is 0 Å². The second-order valence-corrected chi connectivity index (χ2v) is 36.1. The molecule has 0 aromatic heterocycles. The molecule has 0 saturated carbocycles. The Morgan fingerprint density at radius 1 is 0.245 bits per heavy atom. The van der Waals surface area contributed by atoms with Crippen LogP contribution in [-0.4, -0.2) is 96.7 Å². The molecule has 0 amide bonds. The van der Waals surface area contributed by atoms with Gasteiger partial charge in [0, 0.05) is 25.7 Å². The zero-order valence-corrected chi connectivity index (χ0v) is 74.2. The maximum absolute atomic E-state index is 13.2. The molecule has 0 bridgehead atoms.